The van der Waals surface area contributed by atoms with Crippen molar-refractivity contribution in [1.29, 1.82) is 0 Å². The molecule has 1 N–H and O–H groups in total. The van der Waals surface area contributed by atoms with Gasteiger partial charge in [0.15, 0.2) is 0 Å². The van der Waals surface area contributed by atoms with Gasteiger partial charge in [0.2, 0.25) is 5.91 Å². The van der Waals surface area contributed by atoms with Gasteiger partial charge in [-0.3, -0.25) is 14.2 Å². The minimum Gasteiger partial charge on any atom is -0.756 e. The van der Waals surface area contributed by atoms with Crippen molar-refractivity contribution in [2.75, 3.05) is 40.9 Å². The van der Waals surface area contributed by atoms with Crippen LogP contribution in [0.4, 0.5) is 0 Å². The summed E-state index contributed by atoms with van der Waals surface area (Å²) in [4.78, 5) is 39.6. The van der Waals surface area contributed by atoms with E-state index in [4.69, 9.17) is 13.8 Å². The first-order chi connectivity index (χ1) is 30.9. The average Bonchev–Trinajstić information content (AvgIpc) is 3.25. The van der Waals surface area contributed by atoms with E-state index in [1.54, 1.807) is 0 Å². The number of carbonyl (C=O) groups is 2. The zero-order valence-electron chi connectivity index (χ0n) is 42.2. The molecular weight excluding hydrogens is 820 g/mol. The maximum absolute atomic E-state index is 13.4. The highest BCUT2D eigenvalue weighted by atomic mass is 31.2. The summed E-state index contributed by atoms with van der Waals surface area (Å²) < 4.78 is 30.1. The van der Waals surface area contributed by atoms with Crippen molar-refractivity contribution in [2.45, 2.75) is 232 Å². The molecule has 1 amide bonds. The first-order valence-electron chi connectivity index (χ1n) is 26.1. The lowest BCUT2D eigenvalue weighted by Gasteiger charge is -2.30. The number of likely N-dealkylation sites (N-methyl/N-ethyl adjacent to an activating group) is 1. The lowest BCUT2D eigenvalue weighted by atomic mass is 10.0. The third-order valence-corrected chi connectivity index (χ3v) is 12.2. The molecule has 0 spiro atoms. The number of esters is 1. The average molecular weight is 919 g/mol. The van der Waals surface area contributed by atoms with Gasteiger partial charge in [0, 0.05) is 12.8 Å². The molecule has 0 saturated heterocycles. The smallest absolute Gasteiger partial charge is 0.306 e. The Balaban J connectivity index is 5.50. The lowest BCUT2D eigenvalue weighted by molar-refractivity contribution is -0.870. The van der Waals surface area contributed by atoms with Crippen LogP contribution in [0, 0.1) is 0 Å². The number of phosphoric ester groups is 1. The van der Waals surface area contributed by atoms with Gasteiger partial charge in [-0.05, 0) is 76.7 Å². The second kappa shape index (κ2) is 44.5. The van der Waals surface area contributed by atoms with E-state index in [0.717, 1.165) is 83.5 Å². The van der Waals surface area contributed by atoms with E-state index < -0.39 is 26.6 Å². The Morgan fingerprint density at radius 1 is 0.562 bits per heavy atom. The van der Waals surface area contributed by atoms with Gasteiger partial charge in [0.1, 0.15) is 19.3 Å². The van der Waals surface area contributed by atoms with Crippen LogP contribution in [-0.2, 0) is 27.9 Å². The van der Waals surface area contributed by atoms with Crippen LogP contribution in [0.3, 0.4) is 0 Å². The Morgan fingerprint density at radius 2 is 1.02 bits per heavy atom. The predicted octanol–water partition coefficient (Wildman–Crippen LogP) is 14.5. The van der Waals surface area contributed by atoms with Gasteiger partial charge >= 0.3 is 5.97 Å². The molecule has 0 radical (unpaired) electrons. The Bertz CT molecular complexity index is 1290. The summed E-state index contributed by atoms with van der Waals surface area (Å²) in [5, 5.41) is 2.99. The number of hydrogen-bond donors (Lipinski definition) is 1. The molecule has 0 aromatic rings. The number of amides is 1. The number of unbranched alkanes of at least 4 members (excludes halogenated alkanes) is 24. The van der Waals surface area contributed by atoms with Crippen molar-refractivity contribution in [3.05, 3.63) is 60.8 Å². The zero-order valence-corrected chi connectivity index (χ0v) is 43.1. The second-order valence-electron chi connectivity index (χ2n) is 18.7. The first-order valence-corrected chi connectivity index (χ1v) is 27.6. The monoisotopic (exact) mass is 919 g/mol. The fourth-order valence-electron chi connectivity index (χ4n) is 7.16. The van der Waals surface area contributed by atoms with Crippen molar-refractivity contribution in [3.8, 4) is 0 Å². The van der Waals surface area contributed by atoms with Crippen LogP contribution >= 0.6 is 7.82 Å². The molecule has 0 saturated carbocycles. The van der Waals surface area contributed by atoms with Crippen molar-refractivity contribution in [3.63, 3.8) is 0 Å². The van der Waals surface area contributed by atoms with Crippen LogP contribution in [0.1, 0.15) is 220 Å². The van der Waals surface area contributed by atoms with Crippen molar-refractivity contribution >= 4 is 19.7 Å². The van der Waals surface area contributed by atoms with Gasteiger partial charge in [-0.25, -0.2) is 0 Å². The van der Waals surface area contributed by atoms with Crippen LogP contribution in [-0.4, -0.2) is 69.4 Å². The molecule has 0 rings (SSSR count). The number of allylic oxidation sites excluding steroid dienone is 9. The summed E-state index contributed by atoms with van der Waals surface area (Å²) in [6, 6.07) is -0.903. The highest BCUT2D eigenvalue weighted by molar-refractivity contribution is 7.45. The standard InChI is InChI=1S/C54H99N2O7P/c1-7-10-13-16-19-22-25-28-31-34-37-40-43-46-53(57)55-51(50-62-64(59,60)61-49-48-56(4,5)6)52(45-42-39-36-33-30-27-24-21-18-15-12-9-3)63-54(58)47-44-41-38-35-32-29-26-23-20-17-14-11-8-2/h10,13,16,19,22,25,29,32,42,45,51-52H,7-9,11-12,14-15,17-18,20-21,23-24,26-28,30-31,33-41,43-44,46-50H2,1-6H3,(H-,55,57,59,60)/b13-10+,19-16+,25-22-,32-29-,45-42+. The lowest BCUT2D eigenvalue weighted by Crippen LogP contribution is -2.47. The Kier molecular flexibility index (Phi) is 42.9. The van der Waals surface area contributed by atoms with E-state index in [1.165, 1.54) is 89.9 Å². The van der Waals surface area contributed by atoms with Gasteiger partial charge in [-0.2, -0.15) is 0 Å². The second-order valence-corrected chi connectivity index (χ2v) is 20.1. The van der Waals surface area contributed by atoms with E-state index in [2.05, 4.69) is 68.6 Å². The molecule has 10 heteroatoms. The normalized spacial score (nSPS) is 14.4. The van der Waals surface area contributed by atoms with Crippen molar-refractivity contribution in [1.82, 2.24) is 5.32 Å². The molecule has 0 fully saturated rings. The minimum atomic E-state index is -4.70. The number of phosphoric acid groups is 1. The van der Waals surface area contributed by atoms with Gasteiger partial charge < -0.3 is 28.5 Å². The molecular formula is C54H99N2O7P. The minimum absolute atomic E-state index is 0.0304. The molecule has 0 aromatic carbocycles. The van der Waals surface area contributed by atoms with Crippen LogP contribution in [0.2, 0.25) is 0 Å². The number of rotatable bonds is 46. The molecule has 0 bridgehead atoms. The summed E-state index contributed by atoms with van der Waals surface area (Å²) in [7, 11) is 1.16. The maximum atomic E-state index is 13.4. The van der Waals surface area contributed by atoms with Crippen LogP contribution in [0.25, 0.3) is 0 Å². The third-order valence-electron chi connectivity index (χ3n) is 11.2. The molecule has 0 heterocycles. The molecule has 0 aliphatic heterocycles. The van der Waals surface area contributed by atoms with E-state index in [1.807, 2.05) is 39.4 Å². The number of ether oxygens (including phenoxy) is 1. The highest BCUT2D eigenvalue weighted by Gasteiger charge is 2.27. The number of hydrogen-bond acceptors (Lipinski definition) is 7. The van der Waals surface area contributed by atoms with E-state index >= 15 is 0 Å². The summed E-state index contributed by atoms with van der Waals surface area (Å²) in [6.45, 7) is 6.65. The quantitative estimate of drug-likeness (QED) is 0.0161. The van der Waals surface area contributed by atoms with E-state index in [-0.39, 0.29) is 31.3 Å². The molecule has 3 atom stereocenters. The maximum Gasteiger partial charge on any atom is 0.306 e. The topological polar surface area (TPSA) is 114 Å². The SMILES string of the molecule is CC/C=C/C=C/C=C\CCCCCCCC(=O)NC(COP(=O)([O-])OCC[N+](C)(C)C)C(/C=C/CCCCCCCCCCCC)OC(=O)CCCCC/C=C\CCCCCCCC. The van der Waals surface area contributed by atoms with Gasteiger partial charge in [-0.1, -0.05) is 191 Å². The summed E-state index contributed by atoms with van der Waals surface area (Å²) in [5.41, 5.74) is 0. The fourth-order valence-corrected chi connectivity index (χ4v) is 7.88. The fraction of sp³-hybridized carbons (Fsp3) is 0.778. The van der Waals surface area contributed by atoms with Crippen LogP contribution in [0.5, 0.6) is 0 Å². The molecule has 9 nitrogen and oxygen atoms in total. The van der Waals surface area contributed by atoms with Gasteiger partial charge in [0.05, 0.1) is 33.8 Å². The number of nitrogens with zero attached hydrogens (tertiary/aromatic N) is 1. The largest absolute Gasteiger partial charge is 0.756 e. The van der Waals surface area contributed by atoms with E-state index in [0.29, 0.717) is 23.9 Å². The molecule has 0 aliphatic carbocycles. The van der Waals surface area contributed by atoms with Gasteiger partial charge in [0.25, 0.3) is 7.82 Å². The number of nitrogens with one attached hydrogen (secondary N) is 1. The predicted molar refractivity (Wildman–Crippen MR) is 270 cm³/mol. The summed E-state index contributed by atoms with van der Waals surface area (Å²) >= 11 is 0. The van der Waals surface area contributed by atoms with Crippen molar-refractivity contribution in [2.24, 2.45) is 0 Å². The zero-order chi connectivity index (χ0) is 47.3. The van der Waals surface area contributed by atoms with Crippen molar-refractivity contribution < 1.29 is 37.3 Å². The van der Waals surface area contributed by atoms with E-state index in [9.17, 15) is 19.0 Å². The third kappa shape index (κ3) is 44.9. The number of quaternary nitrogens is 1. The van der Waals surface area contributed by atoms with Crippen LogP contribution < -0.4 is 10.2 Å². The Labute approximate surface area is 394 Å². The Morgan fingerprint density at radius 3 is 1.55 bits per heavy atom. The molecule has 372 valence electrons. The van der Waals surface area contributed by atoms with Gasteiger partial charge in [-0.15, -0.1) is 0 Å². The first kappa shape index (κ1) is 61.7. The molecule has 3 unspecified atom stereocenters. The molecule has 0 aliphatic rings. The molecule has 0 aromatic heterocycles. The molecule has 64 heavy (non-hydrogen) atoms. The summed E-state index contributed by atoms with van der Waals surface area (Å²) in [5.74, 6) is -0.587. The van der Waals surface area contributed by atoms with Crippen LogP contribution in [0.15, 0.2) is 60.8 Å². The summed E-state index contributed by atoms with van der Waals surface area (Å²) in [6.07, 6.45) is 53.3. The Hall–Kier alpha value is -2.29. The number of carbonyl (C=O) groups excluding carboxylic acids is 2. The highest BCUT2D eigenvalue weighted by Crippen LogP contribution is 2.38.